The number of rotatable bonds is 3. The Morgan fingerprint density at radius 3 is 1.44 bits per heavy atom. The summed E-state index contributed by atoms with van der Waals surface area (Å²) in [6, 6.07) is 17.0. The number of benzene rings is 2. The van der Waals surface area contributed by atoms with Gasteiger partial charge in [0.2, 0.25) is 0 Å². The van der Waals surface area contributed by atoms with E-state index in [4.69, 9.17) is 5.11 Å². The first kappa shape index (κ1) is 28.8. The van der Waals surface area contributed by atoms with Crippen molar-refractivity contribution in [2.24, 2.45) is 0 Å². The summed E-state index contributed by atoms with van der Waals surface area (Å²) in [4.78, 5) is 0. The van der Waals surface area contributed by atoms with E-state index in [1.807, 2.05) is 6.92 Å². The Morgan fingerprint density at radius 1 is 0.840 bits per heavy atom. The Balaban J connectivity index is -0.0000000965. The topological polar surface area (TPSA) is 20.2 Å². The summed E-state index contributed by atoms with van der Waals surface area (Å²) >= 11 is 0. The number of halogens is 1. The van der Waals surface area contributed by atoms with E-state index in [0.717, 1.165) is 0 Å². The minimum Gasteiger partial charge on any atom is -1.00 e. The monoisotopic (exact) mass is 341 g/mol. The molecule has 0 unspecified atom stereocenters. The molecule has 0 aliphatic carbocycles. The summed E-state index contributed by atoms with van der Waals surface area (Å²) in [6.07, 6.45) is 0. The van der Waals surface area contributed by atoms with Crippen LogP contribution in [0.1, 0.15) is 57.7 Å². The molecule has 2 rings (SSSR count). The molecule has 0 fully saturated rings. The van der Waals surface area contributed by atoms with Gasteiger partial charge >= 0.3 is 18.9 Å². The van der Waals surface area contributed by atoms with Crippen LogP contribution in [0.15, 0.2) is 48.5 Å². The summed E-state index contributed by atoms with van der Waals surface area (Å²) in [6.45, 7) is 10.8. The van der Waals surface area contributed by atoms with Crippen molar-refractivity contribution in [1.82, 2.24) is 0 Å². The second-order valence-corrected chi connectivity index (χ2v) is 6.06. The third-order valence-corrected chi connectivity index (χ3v) is 3.66. The summed E-state index contributed by atoms with van der Waals surface area (Å²) in [5.41, 5.74) is 5.23. The van der Waals surface area contributed by atoms with Crippen molar-refractivity contribution in [3.05, 3.63) is 70.8 Å². The zero-order valence-electron chi connectivity index (χ0n) is 17.9. The van der Waals surface area contributed by atoms with Crippen LogP contribution < -0.4 is 18.9 Å². The normalized spacial score (nSPS) is 10.1. The molecular formula is C21H34BFLiO. The van der Waals surface area contributed by atoms with E-state index in [0.29, 0.717) is 13.1 Å². The van der Waals surface area contributed by atoms with Gasteiger partial charge in [0.05, 0.1) is 7.18 Å². The van der Waals surface area contributed by atoms with Crippen LogP contribution in [0.25, 0.3) is 0 Å². The summed E-state index contributed by atoms with van der Waals surface area (Å²) in [5, 5.41) is 8.86. The molecule has 0 heterocycles. The van der Waals surface area contributed by atoms with E-state index in [1.165, 1.54) is 22.3 Å². The predicted octanol–water partition coefficient (Wildman–Crippen LogP) is 2.78. The van der Waals surface area contributed by atoms with Gasteiger partial charge in [-0.3, -0.25) is 4.39 Å². The molecule has 25 heavy (non-hydrogen) atoms. The quantitative estimate of drug-likeness (QED) is 0.852. The van der Waals surface area contributed by atoms with E-state index in [-0.39, 0.29) is 42.7 Å². The van der Waals surface area contributed by atoms with Crippen LogP contribution in [-0.4, -0.2) is 27.3 Å². The summed E-state index contributed by atoms with van der Waals surface area (Å²) < 4.78 is 9.50. The maximum absolute atomic E-state index is 9.50. The van der Waals surface area contributed by atoms with Gasteiger partial charge in [-0.15, -0.1) is 0 Å². The molecule has 0 saturated carbocycles. The van der Waals surface area contributed by atoms with Gasteiger partial charge in [0.15, 0.2) is 0 Å². The van der Waals surface area contributed by atoms with Crippen molar-refractivity contribution < 1.29 is 31.2 Å². The fourth-order valence-electron chi connectivity index (χ4n) is 1.95. The number of hydrogen-bond donors (Lipinski definition) is 1. The first-order valence-corrected chi connectivity index (χ1v) is 8.05. The van der Waals surface area contributed by atoms with Gasteiger partial charge < -0.3 is 6.53 Å². The standard InChI is InChI=1S/C10H14O.C10H14.CH3F.B.Li.H2.H/c1-8-3-5-10(6-4-8)9(2)7-11;1-8(2)10-6-4-9(3)5-7-10;1-2;;;;/h3-6,9,11H,7H2,1-2H3;4-8H,1-3H3;1H3;;;1H;/q;;;;+1;;-1/t9-;;;;;;/m0....../s1/i;;;;;1+2;. The third kappa shape index (κ3) is 12.1. The molecule has 1 N–H and O–H groups in total. The molecular weight excluding hydrogens is 305 g/mol. The van der Waals surface area contributed by atoms with Gasteiger partial charge in [0, 0.05) is 22.4 Å². The van der Waals surface area contributed by atoms with Gasteiger partial charge in [-0.1, -0.05) is 80.4 Å². The van der Waals surface area contributed by atoms with Gasteiger partial charge in [0.1, 0.15) is 0 Å². The molecule has 1 nitrogen and oxygen atoms in total. The maximum Gasteiger partial charge on any atom is 1.00 e. The second-order valence-electron chi connectivity index (χ2n) is 6.06. The van der Waals surface area contributed by atoms with Crippen molar-refractivity contribution in [1.29, 1.82) is 0 Å². The van der Waals surface area contributed by atoms with Gasteiger partial charge in [-0.25, -0.2) is 0 Å². The van der Waals surface area contributed by atoms with Crippen molar-refractivity contribution >= 4 is 8.41 Å². The molecule has 0 aliphatic heterocycles. The number of aliphatic hydroxyl groups excluding tert-OH is 1. The summed E-state index contributed by atoms with van der Waals surface area (Å²) in [5.74, 6) is 0.913. The Bertz CT molecular complexity index is 537. The third-order valence-electron chi connectivity index (χ3n) is 3.66. The molecule has 0 amide bonds. The molecule has 0 spiro atoms. The smallest absolute Gasteiger partial charge is 1.00 e. The maximum atomic E-state index is 9.50. The van der Waals surface area contributed by atoms with Gasteiger partial charge in [-0.05, 0) is 30.9 Å². The molecule has 135 valence electrons. The van der Waals surface area contributed by atoms with Gasteiger partial charge in [-0.2, -0.15) is 0 Å². The van der Waals surface area contributed by atoms with E-state index < -0.39 is 0 Å². The Morgan fingerprint density at radius 2 is 1.16 bits per heavy atom. The summed E-state index contributed by atoms with van der Waals surface area (Å²) in [7, 11) is 0.500. The average molecular weight is 341 g/mol. The van der Waals surface area contributed by atoms with E-state index in [9.17, 15) is 4.39 Å². The number of alkyl halides is 1. The van der Waals surface area contributed by atoms with Gasteiger partial charge in [0.25, 0.3) is 0 Å². The molecule has 0 bridgehead atoms. The zero-order valence-corrected chi connectivity index (χ0v) is 16.9. The predicted molar refractivity (Wildman–Crippen MR) is 108 cm³/mol. The number of hydrogen-bond acceptors (Lipinski definition) is 1. The molecule has 3 radical (unpaired) electrons. The van der Waals surface area contributed by atoms with Crippen LogP contribution in [0.3, 0.4) is 0 Å². The van der Waals surface area contributed by atoms with E-state index >= 15 is 0 Å². The van der Waals surface area contributed by atoms with Crippen LogP contribution in [0.5, 0.6) is 0 Å². The van der Waals surface area contributed by atoms with Crippen LogP contribution in [-0.2, 0) is 0 Å². The molecule has 0 aliphatic rings. The Hall–Kier alpha value is -1.01. The van der Waals surface area contributed by atoms with E-state index in [1.54, 1.807) is 0 Å². The molecule has 4 heteroatoms. The fourth-order valence-corrected chi connectivity index (χ4v) is 1.95. The Kier molecular flexibility index (Phi) is 19.0. The average Bonchev–Trinajstić information content (AvgIpc) is 2.57. The van der Waals surface area contributed by atoms with E-state index in [2.05, 4.69) is 76.2 Å². The van der Waals surface area contributed by atoms with Crippen LogP contribution >= 0.6 is 0 Å². The zero-order chi connectivity index (χ0) is 17.8. The first-order chi connectivity index (χ1) is 10.9. The van der Waals surface area contributed by atoms with Crippen LogP contribution in [0.2, 0.25) is 0 Å². The largest absolute Gasteiger partial charge is 1.00 e. The second kappa shape index (κ2) is 16.5. The van der Waals surface area contributed by atoms with Crippen LogP contribution in [0.4, 0.5) is 4.39 Å². The van der Waals surface area contributed by atoms with Crippen LogP contribution in [0, 0.1) is 13.8 Å². The minimum atomic E-state index is 0. The molecule has 1 atom stereocenters. The SMILES string of the molecule is CF.Cc1ccc(C(C)C)cc1.Cc1ccc([C@@H](C)CO)cc1.[3HH].[B].[H-].[Li+]. The van der Waals surface area contributed by atoms with Crippen molar-refractivity contribution in [3.63, 3.8) is 0 Å². The van der Waals surface area contributed by atoms with Crippen molar-refractivity contribution in [2.45, 2.75) is 46.5 Å². The minimum absolute atomic E-state index is 0. The van der Waals surface area contributed by atoms with Crippen molar-refractivity contribution in [3.8, 4) is 0 Å². The molecule has 0 aromatic heterocycles. The van der Waals surface area contributed by atoms with Crippen molar-refractivity contribution in [2.75, 3.05) is 13.8 Å². The molecule has 0 saturated heterocycles. The first-order valence-electron chi connectivity index (χ1n) is 8.05. The molecule has 2 aromatic rings. The number of aliphatic hydroxyl groups is 1. The fraction of sp³-hybridized carbons (Fsp3) is 0.429. The Labute approximate surface area is 170 Å². The molecule has 2 aromatic carbocycles. The number of aryl methyl sites for hydroxylation is 2.